The average molecular weight is 269 g/mol. The van der Waals surface area contributed by atoms with Gasteiger partial charge >= 0.3 is 0 Å². The summed E-state index contributed by atoms with van der Waals surface area (Å²) < 4.78 is 13.1. The van der Waals surface area contributed by atoms with Crippen LogP contribution in [0.1, 0.15) is 25.8 Å². The summed E-state index contributed by atoms with van der Waals surface area (Å²) in [6.07, 6.45) is 0.0795. The number of nitrogens with one attached hydrogen (secondary N) is 1. The molecule has 0 aliphatic rings. The topological polar surface area (TPSA) is 98.3 Å². The first-order chi connectivity index (χ1) is 8.71. The first kappa shape index (κ1) is 15.0. The van der Waals surface area contributed by atoms with Crippen LogP contribution in [-0.2, 0) is 11.3 Å². The van der Waals surface area contributed by atoms with E-state index < -0.39 is 22.2 Å². The van der Waals surface area contributed by atoms with E-state index in [0.29, 0.717) is 0 Å². The number of amides is 1. The predicted molar refractivity (Wildman–Crippen MR) is 67.8 cm³/mol. The van der Waals surface area contributed by atoms with Crippen LogP contribution < -0.4 is 11.1 Å². The number of nitrogens with zero attached hydrogens (tertiary/aromatic N) is 1. The van der Waals surface area contributed by atoms with E-state index in [1.165, 1.54) is 0 Å². The average Bonchev–Trinajstić information content (AvgIpc) is 2.24. The molecule has 1 aromatic rings. The molecule has 6 nitrogen and oxygen atoms in total. The highest BCUT2D eigenvalue weighted by molar-refractivity contribution is 5.75. The number of halogens is 1. The molecule has 19 heavy (non-hydrogen) atoms. The smallest absolute Gasteiger partial charge is 0.274 e. The molecule has 0 fully saturated rings. The van der Waals surface area contributed by atoms with E-state index in [1.807, 2.05) is 0 Å². The zero-order chi connectivity index (χ0) is 14.6. The van der Waals surface area contributed by atoms with E-state index in [1.54, 1.807) is 13.8 Å². The second-order valence-electron chi connectivity index (χ2n) is 4.91. The quantitative estimate of drug-likeness (QED) is 0.603. The van der Waals surface area contributed by atoms with Crippen molar-refractivity contribution in [1.82, 2.24) is 5.32 Å². The Morgan fingerprint density at radius 3 is 2.68 bits per heavy atom. The minimum absolute atomic E-state index is 0.0777. The molecular formula is C12H16FN3O3. The van der Waals surface area contributed by atoms with Gasteiger partial charge in [-0.15, -0.1) is 0 Å². The number of carbonyl (C=O) groups is 1. The van der Waals surface area contributed by atoms with E-state index in [4.69, 9.17) is 5.73 Å². The predicted octanol–water partition coefficient (Wildman–Crippen LogP) is 1.48. The Morgan fingerprint density at radius 1 is 1.53 bits per heavy atom. The fraction of sp³-hybridized carbons (Fsp3) is 0.417. The Labute approximate surface area is 109 Å². The third-order valence-corrected chi connectivity index (χ3v) is 2.61. The first-order valence-electron chi connectivity index (χ1n) is 5.67. The number of carbonyl (C=O) groups excluding carboxylic acids is 1. The Kier molecular flexibility index (Phi) is 4.55. The highest BCUT2D eigenvalue weighted by Crippen LogP contribution is 2.20. The molecule has 0 spiro atoms. The Bertz CT molecular complexity index is 503. The van der Waals surface area contributed by atoms with Gasteiger partial charge in [-0.3, -0.25) is 14.9 Å². The third kappa shape index (κ3) is 4.63. The van der Waals surface area contributed by atoms with Crippen molar-refractivity contribution in [2.75, 3.05) is 0 Å². The summed E-state index contributed by atoms with van der Waals surface area (Å²) in [4.78, 5) is 21.1. The van der Waals surface area contributed by atoms with Gasteiger partial charge in [0.15, 0.2) is 0 Å². The number of hydrogen-bond donors (Lipinski definition) is 2. The van der Waals surface area contributed by atoms with Crippen molar-refractivity contribution in [3.05, 3.63) is 39.7 Å². The summed E-state index contributed by atoms with van der Waals surface area (Å²) in [5.74, 6) is -1.03. The van der Waals surface area contributed by atoms with Gasteiger partial charge in [-0.1, -0.05) is 0 Å². The number of nitro groups is 1. The molecule has 1 rings (SSSR count). The molecule has 7 heteroatoms. The molecule has 0 saturated carbocycles. The Balaban J connectivity index is 2.85. The summed E-state index contributed by atoms with van der Waals surface area (Å²) in [5, 5.41) is 13.8. The lowest BCUT2D eigenvalue weighted by Gasteiger charge is -2.24. The fourth-order valence-electron chi connectivity index (χ4n) is 1.71. The Morgan fingerprint density at radius 2 is 2.16 bits per heavy atom. The van der Waals surface area contributed by atoms with Crippen molar-refractivity contribution < 1.29 is 14.1 Å². The summed E-state index contributed by atoms with van der Waals surface area (Å²) >= 11 is 0. The van der Waals surface area contributed by atoms with E-state index >= 15 is 0 Å². The van der Waals surface area contributed by atoms with Gasteiger partial charge in [-0.2, -0.15) is 0 Å². The van der Waals surface area contributed by atoms with Crippen LogP contribution in [-0.4, -0.2) is 16.4 Å². The summed E-state index contributed by atoms with van der Waals surface area (Å²) in [7, 11) is 0. The number of benzene rings is 1. The maximum Gasteiger partial charge on any atom is 0.274 e. The second kappa shape index (κ2) is 5.75. The monoisotopic (exact) mass is 269 g/mol. The number of nitrogens with two attached hydrogens (primary N) is 1. The molecule has 0 aliphatic heterocycles. The summed E-state index contributed by atoms with van der Waals surface area (Å²) in [6, 6.07) is 3.26. The SMILES string of the molecule is CC(C)(CC(N)=O)NCc1cc(F)ccc1[N+](=O)[O-]. The number of primary amides is 1. The Hall–Kier alpha value is -2.02. The molecule has 3 N–H and O–H groups in total. The molecule has 0 aliphatic carbocycles. The number of rotatable bonds is 6. The van der Waals surface area contributed by atoms with Gasteiger partial charge in [0.1, 0.15) is 5.82 Å². The molecule has 0 atom stereocenters. The summed E-state index contributed by atoms with van der Waals surface area (Å²) in [6.45, 7) is 3.56. The van der Waals surface area contributed by atoms with Crippen molar-refractivity contribution >= 4 is 11.6 Å². The van der Waals surface area contributed by atoms with E-state index in [2.05, 4.69) is 5.32 Å². The normalized spacial score (nSPS) is 11.3. The van der Waals surface area contributed by atoms with Crippen LogP contribution in [0, 0.1) is 15.9 Å². The van der Waals surface area contributed by atoms with Crippen LogP contribution in [0.15, 0.2) is 18.2 Å². The minimum atomic E-state index is -0.619. The molecule has 104 valence electrons. The van der Waals surface area contributed by atoms with Crippen LogP contribution in [0.5, 0.6) is 0 Å². The molecule has 1 amide bonds. The largest absolute Gasteiger partial charge is 0.370 e. The molecule has 0 unspecified atom stereocenters. The van der Waals surface area contributed by atoms with Gasteiger partial charge in [-0.25, -0.2) is 4.39 Å². The first-order valence-corrected chi connectivity index (χ1v) is 5.67. The lowest BCUT2D eigenvalue weighted by molar-refractivity contribution is -0.385. The van der Waals surface area contributed by atoms with Crippen molar-refractivity contribution in [2.24, 2.45) is 5.73 Å². The van der Waals surface area contributed by atoms with Gasteiger partial charge in [-0.05, 0) is 26.0 Å². The zero-order valence-corrected chi connectivity index (χ0v) is 10.8. The van der Waals surface area contributed by atoms with Crippen LogP contribution >= 0.6 is 0 Å². The van der Waals surface area contributed by atoms with Crippen molar-refractivity contribution in [3.8, 4) is 0 Å². The second-order valence-corrected chi connectivity index (χ2v) is 4.91. The van der Waals surface area contributed by atoms with Crippen molar-refractivity contribution in [1.29, 1.82) is 0 Å². The van der Waals surface area contributed by atoms with Crippen molar-refractivity contribution in [3.63, 3.8) is 0 Å². The molecular weight excluding hydrogens is 253 g/mol. The van der Waals surface area contributed by atoms with Gasteiger partial charge < -0.3 is 11.1 Å². The highest BCUT2D eigenvalue weighted by Gasteiger charge is 2.22. The van der Waals surface area contributed by atoms with E-state index in [-0.39, 0.29) is 24.2 Å². The molecule has 0 saturated heterocycles. The lowest BCUT2D eigenvalue weighted by atomic mass is 9.99. The summed E-state index contributed by atoms with van der Waals surface area (Å²) in [5.41, 5.74) is 4.54. The van der Waals surface area contributed by atoms with E-state index in [9.17, 15) is 19.3 Å². The highest BCUT2D eigenvalue weighted by atomic mass is 19.1. The van der Waals surface area contributed by atoms with Crippen LogP contribution in [0.3, 0.4) is 0 Å². The third-order valence-electron chi connectivity index (χ3n) is 2.61. The van der Waals surface area contributed by atoms with E-state index in [0.717, 1.165) is 18.2 Å². The fourth-order valence-corrected chi connectivity index (χ4v) is 1.71. The van der Waals surface area contributed by atoms with Crippen LogP contribution in [0.4, 0.5) is 10.1 Å². The molecule has 0 radical (unpaired) electrons. The molecule has 0 bridgehead atoms. The number of hydrogen-bond acceptors (Lipinski definition) is 4. The molecule has 0 aromatic heterocycles. The van der Waals surface area contributed by atoms with Gasteiger partial charge in [0, 0.05) is 30.1 Å². The van der Waals surface area contributed by atoms with Crippen LogP contribution in [0.2, 0.25) is 0 Å². The maximum absolute atomic E-state index is 13.1. The standard InChI is InChI=1S/C12H16FN3O3/c1-12(2,6-11(14)17)15-7-8-5-9(13)3-4-10(8)16(18)19/h3-5,15H,6-7H2,1-2H3,(H2,14,17). The molecule has 1 aromatic carbocycles. The number of nitro benzene ring substituents is 1. The zero-order valence-electron chi connectivity index (χ0n) is 10.8. The van der Waals surface area contributed by atoms with Crippen molar-refractivity contribution in [2.45, 2.75) is 32.4 Å². The lowest BCUT2D eigenvalue weighted by Crippen LogP contribution is -2.42. The molecule has 0 heterocycles. The van der Waals surface area contributed by atoms with Gasteiger partial charge in [0.05, 0.1) is 4.92 Å². The maximum atomic E-state index is 13.1. The van der Waals surface area contributed by atoms with Gasteiger partial charge in [0.2, 0.25) is 5.91 Å². The minimum Gasteiger partial charge on any atom is -0.370 e. The van der Waals surface area contributed by atoms with Gasteiger partial charge in [0.25, 0.3) is 5.69 Å². The van der Waals surface area contributed by atoms with Crippen LogP contribution in [0.25, 0.3) is 0 Å².